The number of aliphatic carboxylic acids is 2. The number of halogens is 6. The summed E-state index contributed by atoms with van der Waals surface area (Å²) < 4.78 is 63.5. The van der Waals surface area contributed by atoms with Crippen LogP contribution in [0.3, 0.4) is 0 Å². The number of carboxylic acids is 2. The van der Waals surface area contributed by atoms with Crippen LogP contribution in [0.25, 0.3) is 0 Å². The molecule has 0 unspecified atom stereocenters. The average molecular weight is 273 g/mol. The average Bonchev–Trinajstić information content (AvgIpc) is 2.02. The third-order valence-corrected chi connectivity index (χ3v) is 0.485. The van der Waals surface area contributed by atoms with Crippen LogP contribution < -0.4 is 5.73 Å². The SMILES string of the molecule is CCN.O=C(O)C(F)(F)F.O=C(O)C(F)(F)F. The molecule has 0 rings (SSSR count). The van der Waals surface area contributed by atoms with Crippen LogP contribution >= 0.6 is 0 Å². The normalized spacial score (nSPS) is 10.4. The zero-order chi connectivity index (χ0) is 14.9. The van der Waals surface area contributed by atoms with Crippen molar-refractivity contribution in [2.45, 2.75) is 19.3 Å². The molecule has 0 spiro atoms. The minimum absolute atomic E-state index is 0.750. The molecule has 0 saturated heterocycles. The number of nitrogens with two attached hydrogens (primary N) is 1. The second-order valence-electron chi connectivity index (χ2n) is 2.01. The minimum Gasteiger partial charge on any atom is -0.475 e. The van der Waals surface area contributed by atoms with Crippen molar-refractivity contribution in [2.75, 3.05) is 6.54 Å². The molecule has 0 aromatic rings. The first-order valence-electron chi connectivity index (χ1n) is 3.60. The van der Waals surface area contributed by atoms with Crippen molar-refractivity contribution >= 4 is 11.9 Å². The van der Waals surface area contributed by atoms with E-state index in [4.69, 9.17) is 25.5 Å². The molecule has 0 saturated carbocycles. The quantitative estimate of drug-likeness (QED) is 0.576. The molecule has 104 valence electrons. The Kier molecular flexibility index (Phi) is 10.6. The van der Waals surface area contributed by atoms with Gasteiger partial charge in [0.2, 0.25) is 0 Å². The van der Waals surface area contributed by atoms with Crippen LogP contribution in [-0.2, 0) is 9.59 Å². The van der Waals surface area contributed by atoms with Gasteiger partial charge in [0, 0.05) is 0 Å². The number of hydrogen-bond donors (Lipinski definition) is 3. The van der Waals surface area contributed by atoms with Gasteiger partial charge in [-0.05, 0) is 6.54 Å². The van der Waals surface area contributed by atoms with Gasteiger partial charge < -0.3 is 15.9 Å². The highest BCUT2D eigenvalue weighted by molar-refractivity contribution is 5.73. The number of carboxylic acid groups (broad SMARTS) is 2. The van der Waals surface area contributed by atoms with Crippen molar-refractivity contribution in [3.05, 3.63) is 0 Å². The summed E-state index contributed by atoms with van der Waals surface area (Å²) in [5, 5.41) is 14.2. The molecule has 0 heterocycles. The van der Waals surface area contributed by atoms with Crippen LogP contribution in [0.2, 0.25) is 0 Å². The molecule has 0 atom stereocenters. The Labute approximate surface area is 90.8 Å². The van der Waals surface area contributed by atoms with Crippen molar-refractivity contribution < 1.29 is 46.1 Å². The highest BCUT2D eigenvalue weighted by atomic mass is 19.4. The molecule has 11 heteroatoms. The van der Waals surface area contributed by atoms with E-state index in [9.17, 15) is 26.3 Å². The van der Waals surface area contributed by atoms with Crippen molar-refractivity contribution in [3.63, 3.8) is 0 Å². The fourth-order valence-corrected chi connectivity index (χ4v) is 0. The molecule has 0 amide bonds. The van der Waals surface area contributed by atoms with E-state index in [0.29, 0.717) is 0 Å². The van der Waals surface area contributed by atoms with Crippen LogP contribution in [0.1, 0.15) is 6.92 Å². The first-order chi connectivity index (χ1) is 7.30. The maximum absolute atomic E-state index is 10.6. The van der Waals surface area contributed by atoms with E-state index in [1.165, 1.54) is 0 Å². The summed E-state index contributed by atoms with van der Waals surface area (Å²) in [7, 11) is 0. The van der Waals surface area contributed by atoms with Gasteiger partial charge in [0.25, 0.3) is 0 Å². The van der Waals surface area contributed by atoms with Crippen molar-refractivity contribution in [2.24, 2.45) is 5.73 Å². The summed E-state index contributed by atoms with van der Waals surface area (Å²) in [6.07, 6.45) is -10.2. The number of carbonyl (C=O) groups is 2. The fraction of sp³-hybridized carbons (Fsp3) is 0.667. The third kappa shape index (κ3) is 20.5. The highest BCUT2D eigenvalue weighted by Crippen LogP contribution is 2.13. The predicted octanol–water partition coefficient (Wildman–Crippen LogP) is 1.23. The summed E-state index contributed by atoms with van der Waals surface area (Å²) in [6, 6.07) is 0. The van der Waals surface area contributed by atoms with Crippen LogP contribution in [-0.4, -0.2) is 41.0 Å². The second kappa shape index (κ2) is 8.61. The van der Waals surface area contributed by atoms with Gasteiger partial charge in [0.15, 0.2) is 0 Å². The molecule has 0 radical (unpaired) electrons. The Hall–Kier alpha value is -1.52. The van der Waals surface area contributed by atoms with Crippen LogP contribution in [0.15, 0.2) is 0 Å². The first-order valence-corrected chi connectivity index (χ1v) is 3.60. The Morgan fingerprint density at radius 3 is 1.00 bits per heavy atom. The smallest absolute Gasteiger partial charge is 0.475 e. The fourth-order valence-electron chi connectivity index (χ4n) is 0. The number of hydrogen-bond acceptors (Lipinski definition) is 3. The Bertz CT molecular complexity index is 212. The summed E-state index contributed by atoms with van der Waals surface area (Å²) in [5.74, 6) is -5.51. The monoisotopic (exact) mass is 273 g/mol. The standard InChI is InChI=1S/2C2HF3O2.C2H7N/c2*3-2(4,5)1(6)7;1-2-3/h2*(H,6,7);2-3H2,1H3. The van der Waals surface area contributed by atoms with Gasteiger partial charge in [-0.25, -0.2) is 9.59 Å². The lowest BCUT2D eigenvalue weighted by molar-refractivity contribution is -0.193. The molecule has 0 aliphatic heterocycles. The molecule has 0 bridgehead atoms. The molecule has 0 aliphatic carbocycles. The van der Waals surface area contributed by atoms with Gasteiger partial charge in [-0.2, -0.15) is 26.3 Å². The lowest BCUT2D eigenvalue weighted by Crippen LogP contribution is -2.21. The molecule has 4 N–H and O–H groups in total. The van der Waals surface area contributed by atoms with E-state index in [0.717, 1.165) is 6.54 Å². The maximum Gasteiger partial charge on any atom is 0.490 e. The van der Waals surface area contributed by atoms with Crippen LogP contribution in [0.5, 0.6) is 0 Å². The zero-order valence-corrected chi connectivity index (χ0v) is 8.26. The minimum atomic E-state index is -5.08. The van der Waals surface area contributed by atoms with E-state index >= 15 is 0 Å². The first kappa shape index (κ1) is 20.8. The molecular formula is C6H9F6NO4. The Balaban J connectivity index is -0.000000188. The summed E-state index contributed by atoms with van der Waals surface area (Å²) in [5.41, 5.74) is 4.85. The second-order valence-corrected chi connectivity index (χ2v) is 2.01. The number of rotatable bonds is 0. The van der Waals surface area contributed by atoms with Crippen molar-refractivity contribution in [1.29, 1.82) is 0 Å². The topological polar surface area (TPSA) is 101 Å². The zero-order valence-electron chi connectivity index (χ0n) is 8.26. The predicted molar refractivity (Wildman–Crippen MR) is 42.1 cm³/mol. The van der Waals surface area contributed by atoms with Gasteiger partial charge in [-0.3, -0.25) is 0 Å². The highest BCUT2D eigenvalue weighted by Gasteiger charge is 2.38. The third-order valence-electron chi connectivity index (χ3n) is 0.485. The van der Waals surface area contributed by atoms with Crippen LogP contribution in [0.4, 0.5) is 26.3 Å². The summed E-state index contributed by atoms with van der Waals surface area (Å²) >= 11 is 0. The molecule has 0 aromatic carbocycles. The lowest BCUT2D eigenvalue weighted by atomic mass is 10.7. The van der Waals surface area contributed by atoms with Crippen LogP contribution in [0, 0.1) is 0 Å². The molecule has 5 nitrogen and oxygen atoms in total. The van der Waals surface area contributed by atoms with Gasteiger partial charge >= 0.3 is 24.3 Å². The van der Waals surface area contributed by atoms with Gasteiger partial charge in [0.1, 0.15) is 0 Å². The maximum atomic E-state index is 10.6. The molecule has 0 fully saturated rings. The van der Waals surface area contributed by atoms with Gasteiger partial charge in [-0.15, -0.1) is 0 Å². The molecule has 0 aliphatic rings. The summed E-state index contributed by atoms with van der Waals surface area (Å²) in [6.45, 7) is 2.65. The molecular weight excluding hydrogens is 264 g/mol. The van der Waals surface area contributed by atoms with E-state index in [1.54, 1.807) is 0 Å². The summed E-state index contributed by atoms with van der Waals surface area (Å²) in [4.78, 5) is 17.8. The van der Waals surface area contributed by atoms with Gasteiger partial charge in [0.05, 0.1) is 0 Å². The van der Waals surface area contributed by atoms with E-state index in [1.807, 2.05) is 6.92 Å². The Morgan fingerprint density at radius 1 is 0.941 bits per heavy atom. The van der Waals surface area contributed by atoms with Crippen molar-refractivity contribution in [3.8, 4) is 0 Å². The van der Waals surface area contributed by atoms with E-state index in [2.05, 4.69) is 0 Å². The lowest BCUT2D eigenvalue weighted by Gasteiger charge is -1.93. The van der Waals surface area contributed by atoms with E-state index < -0.39 is 24.3 Å². The number of alkyl halides is 6. The molecule has 0 aromatic heterocycles. The largest absolute Gasteiger partial charge is 0.490 e. The van der Waals surface area contributed by atoms with E-state index in [-0.39, 0.29) is 0 Å². The van der Waals surface area contributed by atoms with Gasteiger partial charge in [-0.1, -0.05) is 6.92 Å². The molecule has 17 heavy (non-hydrogen) atoms. The van der Waals surface area contributed by atoms with Crippen molar-refractivity contribution in [1.82, 2.24) is 0 Å². The Morgan fingerprint density at radius 2 is 1.00 bits per heavy atom.